The van der Waals surface area contributed by atoms with Gasteiger partial charge in [-0.15, -0.1) is 0 Å². The van der Waals surface area contributed by atoms with Crippen molar-refractivity contribution in [3.8, 4) is 5.75 Å². The highest BCUT2D eigenvalue weighted by molar-refractivity contribution is 5.97. The van der Waals surface area contributed by atoms with Crippen LogP contribution in [0.25, 0.3) is 0 Å². The number of nitrogens with zero attached hydrogens (tertiary/aromatic N) is 1. The van der Waals surface area contributed by atoms with E-state index >= 15 is 0 Å². The first-order valence-electron chi connectivity index (χ1n) is 9.86. The molecule has 0 bridgehead atoms. The van der Waals surface area contributed by atoms with Crippen LogP contribution in [0.4, 0.5) is 15.8 Å². The molecule has 7 nitrogen and oxygen atoms in total. The quantitative estimate of drug-likeness (QED) is 0.403. The normalized spacial score (nSPS) is 10.1. The smallest absolute Gasteiger partial charge is 0.253 e. The van der Waals surface area contributed by atoms with Crippen molar-refractivity contribution in [1.82, 2.24) is 4.90 Å². The van der Waals surface area contributed by atoms with E-state index in [4.69, 9.17) is 20.3 Å². The molecule has 30 heavy (non-hydrogen) atoms. The van der Waals surface area contributed by atoms with Gasteiger partial charge in [0.2, 0.25) is 0 Å². The average molecular weight is 422 g/mol. The van der Waals surface area contributed by atoms with Crippen LogP contribution >= 0.6 is 0 Å². The first-order chi connectivity index (χ1) is 14.5. The summed E-state index contributed by atoms with van der Waals surface area (Å²) < 4.78 is 24.0. The monoisotopic (exact) mass is 421 g/mol. The van der Waals surface area contributed by atoms with Gasteiger partial charge in [0.1, 0.15) is 23.9 Å². The van der Waals surface area contributed by atoms with Gasteiger partial charge in [-0.2, -0.15) is 0 Å². The number of carbonyl (C=O) groups excluding carboxylic acids is 1. The molecule has 0 fully saturated rings. The largest absolute Gasteiger partial charge is 0.487 e. The highest BCUT2D eigenvalue weighted by Gasteiger charge is 2.17. The Labute approximate surface area is 177 Å². The van der Waals surface area contributed by atoms with Crippen LogP contribution in [0.3, 0.4) is 0 Å². The number of amides is 1. The van der Waals surface area contributed by atoms with Crippen molar-refractivity contribution in [3.05, 3.63) is 53.3 Å². The number of ether oxygens (including phenoxy) is 2. The van der Waals surface area contributed by atoms with E-state index in [1.54, 1.807) is 38.4 Å². The highest BCUT2D eigenvalue weighted by Crippen LogP contribution is 2.33. The fraction of sp³-hybridized carbons (Fsp3) is 0.409. The predicted octanol–water partition coefficient (Wildman–Crippen LogP) is 3.14. The van der Waals surface area contributed by atoms with Crippen molar-refractivity contribution in [2.45, 2.75) is 20.5 Å². The lowest BCUT2D eigenvalue weighted by molar-refractivity contribution is 0.0766. The molecule has 4 N–H and O–H groups in total. The topological polar surface area (TPSA) is 97.0 Å². The van der Waals surface area contributed by atoms with Gasteiger partial charge < -0.3 is 30.5 Å². The van der Waals surface area contributed by atoms with Crippen molar-refractivity contribution in [3.63, 3.8) is 0 Å². The van der Waals surface area contributed by atoms with Gasteiger partial charge >= 0.3 is 0 Å². The Bertz CT molecular complexity index is 785. The molecule has 0 atom stereocenters. The summed E-state index contributed by atoms with van der Waals surface area (Å²) in [5, 5.41) is 12.2. The van der Waals surface area contributed by atoms with Crippen LogP contribution in [-0.4, -0.2) is 56.4 Å². The number of aliphatic hydroxyl groups excluding tert-OH is 1. The summed E-state index contributed by atoms with van der Waals surface area (Å²) in [6.45, 7) is 5.23. The molecule has 0 spiro atoms. The molecule has 0 aliphatic heterocycles. The summed E-state index contributed by atoms with van der Waals surface area (Å²) in [7, 11) is 3.19. The molecule has 0 unspecified atom stereocenters. The Balaban J connectivity index is 0.00000218. The number of aliphatic hydroxyl groups is 1. The van der Waals surface area contributed by atoms with Crippen LogP contribution in [0.1, 0.15) is 29.8 Å². The first-order valence-corrected chi connectivity index (χ1v) is 9.86. The van der Waals surface area contributed by atoms with Crippen LogP contribution in [0.2, 0.25) is 0 Å². The van der Waals surface area contributed by atoms with Gasteiger partial charge in [-0.05, 0) is 29.8 Å². The lowest BCUT2D eigenvalue weighted by Crippen LogP contribution is -2.29. The standard InChI is InChI=1S/C20H26FN3O4.C2H6/c1-24(8-9-25)20(26)15-11-17(22)19(23-7-10-27-2)18(12-15)28-13-14-3-5-16(21)6-4-14;1-2/h3-6,11-12,23,25H,7-10,13,22H2,1-2H3;1-2H3. The number of anilines is 2. The number of nitrogen functional groups attached to an aromatic ring is 1. The predicted molar refractivity (Wildman–Crippen MR) is 117 cm³/mol. The number of carbonyl (C=O) groups is 1. The van der Waals surface area contributed by atoms with E-state index < -0.39 is 0 Å². The zero-order valence-electron chi connectivity index (χ0n) is 18.1. The number of nitrogens with one attached hydrogen (secondary N) is 1. The lowest BCUT2D eigenvalue weighted by Gasteiger charge is -2.20. The van der Waals surface area contributed by atoms with Crippen LogP contribution in [-0.2, 0) is 11.3 Å². The third-order valence-corrected chi connectivity index (χ3v) is 4.08. The van der Waals surface area contributed by atoms with Crippen molar-refractivity contribution in [1.29, 1.82) is 0 Å². The molecule has 0 radical (unpaired) electrons. The maximum Gasteiger partial charge on any atom is 0.253 e. The fourth-order valence-electron chi connectivity index (χ4n) is 2.56. The van der Waals surface area contributed by atoms with E-state index in [0.717, 1.165) is 5.56 Å². The molecule has 166 valence electrons. The van der Waals surface area contributed by atoms with Crippen molar-refractivity contribution in [2.75, 3.05) is 51.5 Å². The minimum absolute atomic E-state index is 0.137. The highest BCUT2D eigenvalue weighted by atomic mass is 19.1. The van der Waals surface area contributed by atoms with Gasteiger partial charge in [0, 0.05) is 32.8 Å². The third kappa shape index (κ3) is 7.53. The number of likely N-dealkylation sites (N-methyl/N-ethyl adjacent to an activating group) is 1. The van der Waals surface area contributed by atoms with Gasteiger partial charge in [0.15, 0.2) is 0 Å². The third-order valence-electron chi connectivity index (χ3n) is 4.08. The number of methoxy groups -OCH3 is 1. The molecule has 0 aliphatic rings. The molecule has 0 saturated carbocycles. The summed E-state index contributed by atoms with van der Waals surface area (Å²) in [5.41, 5.74) is 8.19. The zero-order valence-corrected chi connectivity index (χ0v) is 18.1. The Morgan fingerprint density at radius 2 is 1.90 bits per heavy atom. The minimum Gasteiger partial charge on any atom is -0.487 e. The molecule has 0 aliphatic carbocycles. The SMILES string of the molecule is CC.COCCNc1c(N)cc(C(=O)N(C)CCO)cc1OCc1ccc(F)cc1. The number of nitrogens with two attached hydrogens (primary N) is 1. The van der Waals surface area contributed by atoms with Gasteiger partial charge in [0.25, 0.3) is 5.91 Å². The summed E-state index contributed by atoms with van der Waals surface area (Å²) in [4.78, 5) is 13.9. The van der Waals surface area contributed by atoms with Crippen molar-refractivity contribution >= 4 is 17.3 Å². The minimum atomic E-state index is -0.325. The van der Waals surface area contributed by atoms with E-state index in [9.17, 15) is 9.18 Å². The van der Waals surface area contributed by atoms with Gasteiger partial charge in [-0.1, -0.05) is 26.0 Å². The van der Waals surface area contributed by atoms with Crippen LogP contribution in [0, 0.1) is 5.82 Å². The summed E-state index contributed by atoms with van der Waals surface area (Å²) in [5.74, 6) is -0.202. The van der Waals surface area contributed by atoms with E-state index in [1.807, 2.05) is 13.8 Å². The molecule has 8 heteroatoms. The number of benzene rings is 2. The average Bonchev–Trinajstić information content (AvgIpc) is 2.75. The van der Waals surface area contributed by atoms with E-state index in [-0.39, 0.29) is 31.5 Å². The van der Waals surface area contributed by atoms with Crippen LogP contribution in [0.5, 0.6) is 5.75 Å². The molecular formula is C22H32FN3O4. The first kappa shape index (κ1) is 25.2. The molecular weight excluding hydrogens is 389 g/mol. The fourth-order valence-corrected chi connectivity index (χ4v) is 2.56. The van der Waals surface area contributed by atoms with E-state index in [0.29, 0.717) is 35.8 Å². The van der Waals surface area contributed by atoms with Crippen molar-refractivity contribution < 1.29 is 23.8 Å². The maximum absolute atomic E-state index is 13.1. The molecule has 0 aromatic heterocycles. The molecule has 2 aromatic rings. The number of hydrogen-bond donors (Lipinski definition) is 3. The van der Waals surface area contributed by atoms with Crippen molar-refractivity contribution in [2.24, 2.45) is 0 Å². The van der Waals surface area contributed by atoms with E-state index in [1.165, 1.54) is 17.0 Å². The Morgan fingerprint density at radius 3 is 2.50 bits per heavy atom. The lowest BCUT2D eigenvalue weighted by atomic mass is 10.1. The van der Waals surface area contributed by atoms with Gasteiger partial charge in [-0.3, -0.25) is 4.79 Å². The molecule has 2 aromatic carbocycles. The second-order valence-corrected chi connectivity index (χ2v) is 6.22. The summed E-state index contributed by atoms with van der Waals surface area (Å²) >= 11 is 0. The molecule has 1 amide bonds. The van der Waals surface area contributed by atoms with Gasteiger partial charge in [-0.25, -0.2) is 4.39 Å². The number of halogens is 1. The summed E-state index contributed by atoms with van der Waals surface area (Å²) in [6.07, 6.45) is 0. The Morgan fingerprint density at radius 1 is 1.23 bits per heavy atom. The Kier molecular flexibility index (Phi) is 11.3. The number of hydrogen-bond acceptors (Lipinski definition) is 6. The maximum atomic E-state index is 13.1. The van der Waals surface area contributed by atoms with Gasteiger partial charge in [0.05, 0.1) is 18.9 Å². The zero-order chi connectivity index (χ0) is 22.5. The van der Waals surface area contributed by atoms with E-state index in [2.05, 4.69) is 5.32 Å². The second-order valence-electron chi connectivity index (χ2n) is 6.22. The second kappa shape index (κ2) is 13.4. The molecule has 0 heterocycles. The summed E-state index contributed by atoms with van der Waals surface area (Å²) in [6, 6.07) is 9.13. The van der Waals surface area contributed by atoms with Crippen LogP contribution < -0.4 is 15.8 Å². The number of rotatable bonds is 10. The Hall–Kier alpha value is -2.84. The van der Waals surface area contributed by atoms with Crippen LogP contribution in [0.15, 0.2) is 36.4 Å². The molecule has 0 saturated heterocycles. The molecule has 2 rings (SSSR count).